The molecule has 4 nitrogen and oxygen atoms in total. The summed E-state index contributed by atoms with van der Waals surface area (Å²) in [7, 11) is 0. The number of hydrogen-bond acceptors (Lipinski definition) is 3. The van der Waals surface area contributed by atoms with Crippen LogP contribution in [0.2, 0.25) is 10.0 Å². The van der Waals surface area contributed by atoms with Crippen molar-refractivity contribution in [2.45, 2.75) is 19.4 Å². The van der Waals surface area contributed by atoms with E-state index < -0.39 is 0 Å². The van der Waals surface area contributed by atoms with Crippen molar-refractivity contribution in [2.24, 2.45) is 0 Å². The number of nitrogens with one attached hydrogen (secondary N) is 1. The summed E-state index contributed by atoms with van der Waals surface area (Å²) in [6.07, 6.45) is 5.60. The zero-order chi connectivity index (χ0) is 19.8. The summed E-state index contributed by atoms with van der Waals surface area (Å²) in [6.45, 7) is 3.23. The van der Waals surface area contributed by atoms with E-state index in [4.69, 9.17) is 27.9 Å². The maximum Gasteiger partial charge on any atom is 0.127 e. The zero-order valence-corrected chi connectivity index (χ0v) is 17.4. The third kappa shape index (κ3) is 3.46. The molecule has 0 radical (unpaired) electrons. The summed E-state index contributed by atoms with van der Waals surface area (Å²) in [4.78, 5) is 4.19. The molecule has 0 spiro atoms. The highest BCUT2D eigenvalue weighted by atomic mass is 35.5. The van der Waals surface area contributed by atoms with E-state index in [-0.39, 0.29) is 0 Å². The molecule has 0 fully saturated rings. The molecule has 1 aliphatic heterocycles. The van der Waals surface area contributed by atoms with E-state index in [1.165, 1.54) is 11.3 Å². The summed E-state index contributed by atoms with van der Waals surface area (Å²) in [5.41, 5.74) is 3.77. The minimum Gasteiger partial charge on any atom is -0.491 e. The fourth-order valence-electron chi connectivity index (χ4n) is 4.35. The predicted molar refractivity (Wildman–Crippen MR) is 119 cm³/mol. The van der Waals surface area contributed by atoms with Crippen LogP contribution in [-0.4, -0.2) is 29.2 Å². The Kier molecular flexibility index (Phi) is 5.08. The highest BCUT2D eigenvalue weighted by molar-refractivity contribution is 6.38. The van der Waals surface area contributed by atoms with Crippen molar-refractivity contribution < 1.29 is 4.74 Å². The molecule has 2 aromatic heterocycles. The van der Waals surface area contributed by atoms with Crippen molar-refractivity contribution in [3.8, 4) is 5.75 Å². The first-order chi connectivity index (χ1) is 14.2. The highest BCUT2D eigenvalue weighted by Gasteiger charge is 2.21. The van der Waals surface area contributed by atoms with Crippen LogP contribution in [-0.2, 0) is 19.4 Å². The first-order valence-corrected chi connectivity index (χ1v) is 10.6. The number of ether oxygens (including phenoxy) is 1. The third-order valence-corrected chi connectivity index (χ3v) is 6.12. The van der Waals surface area contributed by atoms with Crippen LogP contribution in [0.3, 0.4) is 0 Å². The van der Waals surface area contributed by atoms with Gasteiger partial charge in [0.25, 0.3) is 0 Å². The average Bonchev–Trinajstić information content (AvgIpc) is 2.86. The summed E-state index contributed by atoms with van der Waals surface area (Å²) in [5, 5.41) is 8.16. The van der Waals surface area contributed by atoms with Crippen molar-refractivity contribution in [3.05, 3.63) is 70.1 Å². The van der Waals surface area contributed by atoms with E-state index in [0.29, 0.717) is 11.6 Å². The molecule has 6 heteroatoms. The van der Waals surface area contributed by atoms with E-state index in [0.717, 1.165) is 64.9 Å². The molecule has 0 saturated heterocycles. The van der Waals surface area contributed by atoms with Crippen molar-refractivity contribution in [1.29, 1.82) is 0 Å². The standard InChI is InChI=1S/C23H21Cl2N3O/c24-16-12-19(25)23-18-5-7-26-9-6-20(18)28(21(23)13-16)10-11-29-22-3-1-2-15-14-27-8-4-17(15)22/h1-4,8,12-14,26H,5-7,9-11H2. The Morgan fingerprint density at radius 3 is 2.93 bits per heavy atom. The molecule has 2 aromatic carbocycles. The summed E-state index contributed by atoms with van der Waals surface area (Å²) in [5.74, 6) is 0.880. The van der Waals surface area contributed by atoms with E-state index in [1.807, 2.05) is 42.6 Å². The fraction of sp³-hybridized carbons (Fsp3) is 0.261. The van der Waals surface area contributed by atoms with Crippen LogP contribution >= 0.6 is 23.2 Å². The number of pyridine rings is 1. The molecule has 0 bridgehead atoms. The normalized spacial score (nSPS) is 14.1. The van der Waals surface area contributed by atoms with Gasteiger partial charge in [-0.3, -0.25) is 4.98 Å². The zero-order valence-electron chi connectivity index (χ0n) is 15.9. The number of halogens is 2. The van der Waals surface area contributed by atoms with Gasteiger partial charge in [0.1, 0.15) is 12.4 Å². The maximum atomic E-state index is 6.61. The maximum absolute atomic E-state index is 6.61. The molecule has 4 aromatic rings. The van der Waals surface area contributed by atoms with Gasteiger partial charge in [0.05, 0.1) is 17.1 Å². The van der Waals surface area contributed by atoms with Crippen LogP contribution in [0.4, 0.5) is 0 Å². The Morgan fingerprint density at radius 1 is 1.10 bits per heavy atom. The van der Waals surface area contributed by atoms with Crippen molar-refractivity contribution in [2.75, 3.05) is 19.7 Å². The van der Waals surface area contributed by atoms with Gasteiger partial charge in [-0.1, -0.05) is 35.3 Å². The van der Waals surface area contributed by atoms with Crippen molar-refractivity contribution in [3.63, 3.8) is 0 Å². The smallest absolute Gasteiger partial charge is 0.127 e. The van der Waals surface area contributed by atoms with Gasteiger partial charge < -0.3 is 14.6 Å². The molecule has 0 atom stereocenters. The van der Waals surface area contributed by atoms with Gasteiger partial charge in [0, 0.05) is 52.2 Å². The van der Waals surface area contributed by atoms with Gasteiger partial charge in [-0.15, -0.1) is 0 Å². The molecular weight excluding hydrogens is 405 g/mol. The predicted octanol–water partition coefficient (Wildman–Crippen LogP) is 5.26. The fourth-order valence-corrected chi connectivity index (χ4v) is 4.94. The molecular formula is C23H21Cl2N3O. The molecule has 0 aliphatic carbocycles. The number of nitrogens with zero attached hydrogens (tertiary/aromatic N) is 2. The second kappa shape index (κ2) is 7.86. The van der Waals surface area contributed by atoms with Crippen LogP contribution in [0.15, 0.2) is 48.8 Å². The highest BCUT2D eigenvalue weighted by Crippen LogP contribution is 2.36. The second-order valence-electron chi connectivity index (χ2n) is 7.31. The van der Waals surface area contributed by atoms with Gasteiger partial charge in [-0.05, 0) is 42.8 Å². The lowest BCUT2D eigenvalue weighted by molar-refractivity contribution is 0.302. The van der Waals surface area contributed by atoms with Crippen molar-refractivity contribution >= 4 is 44.9 Å². The summed E-state index contributed by atoms with van der Waals surface area (Å²) < 4.78 is 8.53. The molecule has 1 aliphatic rings. The SMILES string of the molecule is Clc1cc(Cl)c2c3c(n(CCOc4cccc5cnccc45)c2c1)CCNCC3. The molecule has 1 N–H and O–H groups in total. The van der Waals surface area contributed by atoms with Crippen LogP contribution in [0, 0.1) is 0 Å². The van der Waals surface area contributed by atoms with E-state index in [2.05, 4.69) is 14.9 Å². The first-order valence-electron chi connectivity index (χ1n) is 9.87. The van der Waals surface area contributed by atoms with Gasteiger partial charge in [0.2, 0.25) is 0 Å². The average molecular weight is 426 g/mol. The lowest BCUT2D eigenvalue weighted by atomic mass is 10.1. The number of fused-ring (bicyclic) bond motifs is 4. The van der Waals surface area contributed by atoms with E-state index in [1.54, 1.807) is 6.20 Å². The number of aromatic nitrogens is 2. The van der Waals surface area contributed by atoms with Crippen LogP contribution < -0.4 is 10.1 Å². The Bertz CT molecular complexity index is 1200. The number of hydrogen-bond donors (Lipinski definition) is 1. The molecule has 0 amide bonds. The molecule has 148 valence electrons. The van der Waals surface area contributed by atoms with Gasteiger partial charge in [-0.25, -0.2) is 0 Å². The lowest BCUT2D eigenvalue weighted by Gasteiger charge is -2.13. The first kappa shape index (κ1) is 18.7. The van der Waals surface area contributed by atoms with Gasteiger partial charge in [0.15, 0.2) is 0 Å². The topological polar surface area (TPSA) is 39.1 Å². The number of benzene rings is 2. The summed E-state index contributed by atoms with van der Waals surface area (Å²) >= 11 is 12.9. The Hall–Kier alpha value is -2.27. The van der Waals surface area contributed by atoms with Crippen molar-refractivity contribution in [1.82, 2.24) is 14.9 Å². The molecule has 3 heterocycles. The Labute approximate surface area is 179 Å². The minimum absolute atomic E-state index is 0.565. The van der Waals surface area contributed by atoms with Crippen LogP contribution in [0.5, 0.6) is 5.75 Å². The van der Waals surface area contributed by atoms with Gasteiger partial charge >= 0.3 is 0 Å². The molecule has 29 heavy (non-hydrogen) atoms. The Balaban J connectivity index is 1.49. The summed E-state index contributed by atoms with van der Waals surface area (Å²) in [6, 6.07) is 11.9. The molecule has 5 rings (SSSR count). The van der Waals surface area contributed by atoms with E-state index in [9.17, 15) is 0 Å². The third-order valence-electron chi connectivity index (χ3n) is 5.60. The van der Waals surface area contributed by atoms with Crippen LogP contribution in [0.1, 0.15) is 11.3 Å². The molecule has 0 unspecified atom stereocenters. The second-order valence-corrected chi connectivity index (χ2v) is 8.15. The van der Waals surface area contributed by atoms with Gasteiger partial charge in [-0.2, -0.15) is 0 Å². The van der Waals surface area contributed by atoms with Crippen LogP contribution in [0.25, 0.3) is 21.7 Å². The number of rotatable bonds is 4. The minimum atomic E-state index is 0.565. The van der Waals surface area contributed by atoms with E-state index >= 15 is 0 Å². The monoisotopic (exact) mass is 425 g/mol. The lowest BCUT2D eigenvalue weighted by Crippen LogP contribution is -2.18. The Morgan fingerprint density at radius 2 is 2.00 bits per heavy atom. The molecule has 0 saturated carbocycles. The quantitative estimate of drug-likeness (QED) is 0.484. The largest absolute Gasteiger partial charge is 0.491 e.